The van der Waals surface area contributed by atoms with Crippen LogP contribution in [0.2, 0.25) is 0 Å². The Morgan fingerprint density at radius 1 is 1.29 bits per heavy atom. The zero-order valence-electron chi connectivity index (χ0n) is 12.6. The minimum atomic E-state index is -0.305. The Balaban J connectivity index is 2.07. The van der Waals surface area contributed by atoms with Crippen molar-refractivity contribution in [3.63, 3.8) is 0 Å². The molecule has 0 saturated carbocycles. The number of benzene rings is 1. The number of likely N-dealkylation sites (N-methyl/N-ethyl adjacent to an activating group) is 1. The minimum absolute atomic E-state index is 0.0572. The van der Waals surface area contributed by atoms with Crippen LogP contribution in [-0.4, -0.2) is 29.7 Å². The Bertz CT molecular complexity index is 720. The van der Waals surface area contributed by atoms with E-state index in [1.807, 2.05) is 24.9 Å². The van der Waals surface area contributed by atoms with Gasteiger partial charge in [-0.1, -0.05) is 0 Å². The van der Waals surface area contributed by atoms with Gasteiger partial charge < -0.3 is 9.52 Å². The van der Waals surface area contributed by atoms with Crippen LogP contribution in [0.15, 0.2) is 27.4 Å². The van der Waals surface area contributed by atoms with Crippen molar-refractivity contribution in [2.45, 2.75) is 38.8 Å². The third-order valence-electron chi connectivity index (χ3n) is 4.48. The van der Waals surface area contributed by atoms with Gasteiger partial charge in [0.1, 0.15) is 5.58 Å². The van der Waals surface area contributed by atoms with Gasteiger partial charge >= 0.3 is 5.63 Å². The van der Waals surface area contributed by atoms with Crippen molar-refractivity contribution in [2.75, 3.05) is 13.7 Å². The van der Waals surface area contributed by atoms with Crippen LogP contribution in [0.3, 0.4) is 0 Å². The highest BCUT2D eigenvalue weighted by Crippen LogP contribution is 2.29. The first kappa shape index (κ1) is 14.3. The maximum atomic E-state index is 11.8. The lowest BCUT2D eigenvalue weighted by Crippen LogP contribution is -2.31. The van der Waals surface area contributed by atoms with Crippen molar-refractivity contribution in [1.82, 2.24) is 4.90 Å². The number of nitrogens with zero attached hydrogens (tertiary/aromatic N) is 1. The average Bonchev–Trinajstić information content (AvgIpc) is 2.91. The SMILES string of the molecule is C[C@@H](CO)N(C)Cc1cc(=O)oc2cc3c(cc12)CCC3. The van der Waals surface area contributed by atoms with Crippen molar-refractivity contribution >= 4 is 11.0 Å². The molecule has 0 spiro atoms. The molecule has 1 heterocycles. The number of hydrogen-bond acceptors (Lipinski definition) is 4. The molecular formula is C17H21NO3. The molecule has 0 amide bonds. The van der Waals surface area contributed by atoms with Crippen molar-refractivity contribution < 1.29 is 9.52 Å². The Kier molecular flexibility index (Phi) is 3.83. The molecule has 0 radical (unpaired) electrons. The summed E-state index contributed by atoms with van der Waals surface area (Å²) in [4.78, 5) is 13.8. The lowest BCUT2D eigenvalue weighted by Gasteiger charge is -2.23. The van der Waals surface area contributed by atoms with E-state index < -0.39 is 0 Å². The Morgan fingerprint density at radius 2 is 2.00 bits per heavy atom. The van der Waals surface area contributed by atoms with Crippen molar-refractivity contribution in [3.05, 3.63) is 45.3 Å². The van der Waals surface area contributed by atoms with Gasteiger partial charge in [-0.3, -0.25) is 4.90 Å². The second kappa shape index (κ2) is 5.62. The molecule has 1 atom stereocenters. The van der Waals surface area contributed by atoms with E-state index in [0.29, 0.717) is 12.1 Å². The molecule has 3 rings (SSSR count). The molecule has 112 valence electrons. The van der Waals surface area contributed by atoms with Crippen LogP contribution < -0.4 is 5.63 Å². The normalized spacial score (nSPS) is 15.6. The summed E-state index contributed by atoms with van der Waals surface area (Å²) in [5.74, 6) is 0. The highest BCUT2D eigenvalue weighted by Gasteiger charge is 2.16. The first-order chi connectivity index (χ1) is 10.1. The van der Waals surface area contributed by atoms with E-state index in [1.54, 1.807) is 6.07 Å². The van der Waals surface area contributed by atoms with E-state index in [0.717, 1.165) is 23.8 Å². The van der Waals surface area contributed by atoms with Gasteiger partial charge in [0.15, 0.2) is 0 Å². The largest absolute Gasteiger partial charge is 0.423 e. The van der Waals surface area contributed by atoms with Crippen LogP contribution in [0.5, 0.6) is 0 Å². The fourth-order valence-corrected chi connectivity index (χ4v) is 2.99. The molecule has 4 nitrogen and oxygen atoms in total. The molecule has 1 aliphatic carbocycles. The Morgan fingerprint density at radius 3 is 2.71 bits per heavy atom. The molecule has 4 heteroatoms. The Labute approximate surface area is 124 Å². The summed E-state index contributed by atoms with van der Waals surface area (Å²) in [5.41, 5.74) is 4.03. The summed E-state index contributed by atoms with van der Waals surface area (Å²) < 4.78 is 5.37. The van der Waals surface area contributed by atoms with E-state index in [-0.39, 0.29) is 18.3 Å². The molecule has 1 aliphatic rings. The zero-order valence-corrected chi connectivity index (χ0v) is 12.6. The third-order valence-corrected chi connectivity index (χ3v) is 4.48. The third kappa shape index (κ3) is 2.74. The molecule has 1 aromatic carbocycles. The predicted molar refractivity (Wildman–Crippen MR) is 82.5 cm³/mol. The minimum Gasteiger partial charge on any atom is -0.423 e. The molecule has 21 heavy (non-hydrogen) atoms. The smallest absolute Gasteiger partial charge is 0.336 e. The summed E-state index contributed by atoms with van der Waals surface area (Å²) in [6, 6.07) is 5.83. The fraction of sp³-hybridized carbons (Fsp3) is 0.471. The van der Waals surface area contributed by atoms with E-state index in [2.05, 4.69) is 6.07 Å². The summed E-state index contributed by atoms with van der Waals surface area (Å²) in [7, 11) is 1.95. The average molecular weight is 287 g/mol. The molecule has 2 aromatic rings. The van der Waals surface area contributed by atoms with E-state index in [1.165, 1.54) is 17.5 Å². The molecule has 0 bridgehead atoms. The van der Waals surface area contributed by atoms with Crippen LogP contribution in [0, 0.1) is 0 Å². The lowest BCUT2D eigenvalue weighted by molar-refractivity contribution is 0.154. The van der Waals surface area contributed by atoms with Gasteiger partial charge in [-0.25, -0.2) is 4.79 Å². The number of aliphatic hydroxyl groups is 1. The summed E-state index contributed by atoms with van der Waals surface area (Å²) in [6.45, 7) is 2.69. The van der Waals surface area contributed by atoms with Gasteiger partial charge in [-0.15, -0.1) is 0 Å². The number of hydrogen-bond donors (Lipinski definition) is 1. The zero-order chi connectivity index (χ0) is 15.0. The van der Waals surface area contributed by atoms with Crippen molar-refractivity contribution in [1.29, 1.82) is 0 Å². The number of rotatable bonds is 4. The highest BCUT2D eigenvalue weighted by atomic mass is 16.4. The first-order valence-corrected chi connectivity index (χ1v) is 7.48. The lowest BCUT2D eigenvalue weighted by atomic mass is 10.0. The van der Waals surface area contributed by atoms with Crippen LogP contribution in [-0.2, 0) is 19.4 Å². The monoisotopic (exact) mass is 287 g/mol. The molecule has 0 fully saturated rings. The molecule has 1 aromatic heterocycles. The molecular weight excluding hydrogens is 266 g/mol. The number of fused-ring (bicyclic) bond motifs is 2. The second-order valence-corrected chi connectivity index (χ2v) is 6.01. The van der Waals surface area contributed by atoms with Crippen LogP contribution in [0.25, 0.3) is 11.0 Å². The number of aliphatic hydroxyl groups excluding tert-OH is 1. The molecule has 0 unspecified atom stereocenters. The highest BCUT2D eigenvalue weighted by molar-refractivity contribution is 5.82. The maximum absolute atomic E-state index is 11.8. The molecule has 1 N–H and O–H groups in total. The van der Waals surface area contributed by atoms with Gasteiger partial charge in [0.25, 0.3) is 0 Å². The van der Waals surface area contributed by atoms with Gasteiger partial charge in [0, 0.05) is 24.0 Å². The van der Waals surface area contributed by atoms with Crippen LogP contribution in [0.1, 0.15) is 30.0 Å². The van der Waals surface area contributed by atoms with Crippen LogP contribution >= 0.6 is 0 Å². The standard InChI is InChI=1S/C17H21NO3/c1-11(10-19)18(2)9-14-8-17(20)21-16-7-13-5-3-4-12(13)6-15(14)16/h6-8,11,19H,3-5,9-10H2,1-2H3/t11-/m0/s1. The van der Waals surface area contributed by atoms with Crippen molar-refractivity contribution in [2.24, 2.45) is 0 Å². The molecule has 0 saturated heterocycles. The van der Waals surface area contributed by atoms with Gasteiger partial charge in [-0.05, 0) is 62.1 Å². The van der Waals surface area contributed by atoms with Gasteiger partial charge in [0.2, 0.25) is 0 Å². The van der Waals surface area contributed by atoms with Gasteiger partial charge in [-0.2, -0.15) is 0 Å². The second-order valence-electron chi connectivity index (χ2n) is 6.01. The molecule has 0 aliphatic heterocycles. The topological polar surface area (TPSA) is 53.7 Å². The maximum Gasteiger partial charge on any atom is 0.336 e. The summed E-state index contributed by atoms with van der Waals surface area (Å²) in [6.07, 6.45) is 3.35. The predicted octanol–water partition coefficient (Wildman–Crippen LogP) is 2.09. The fourth-order valence-electron chi connectivity index (χ4n) is 2.99. The first-order valence-electron chi connectivity index (χ1n) is 7.48. The van der Waals surface area contributed by atoms with Crippen LogP contribution in [0.4, 0.5) is 0 Å². The van der Waals surface area contributed by atoms with E-state index in [4.69, 9.17) is 4.42 Å². The quantitative estimate of drug-likeness (QED) is 0.875. The van der Waals surface area contributed by atoms with Crippen molar-refractivity contribution in [3.8, 4) is 0 Å². The van der Waals surface area contributed by atoms with E-state index in [9.17, 15) is 9.90 Å². The van der Waals surface area contributed by atoms with Gasteiger partial charge in [0.05, 0.1) is 6.61 Å². The summed E-state index contributed by atoms with van der Waals surface area (Å²) in [5, 5.41) is 10.3. The van der Waals surface area contributed by atoms with E-state index >= 15 is 0 Å². The number of aryl methyl sites for hydroxylation is 2. The Hall–Kier alpha value is -1.65. The summed E-state index contributed by atoms with van der Waals surface area (Å²) >= 11 is 0.